The van der Waals surface area contributed by atoms with Crippen molar-refractivity contribution in [2.75, 3.05) is 0 Å². The molecule has 0 aliphatic carbocycles. The van der Waals surface area contributed by atoms with Gasteiger partial charge in [-0.3, -0.25) is 4.55 Å². The first-order valence-electron chi connectivity index (χ1n) is 3.28. The van der Waals surface area contributed by atoms with Crippen LogP contribution in [-0.4, -0.2) is 13.0 Å². The summed E-state index contributed by atoms with van der Waals surface area (Å²) in [6, 6.07) is 4.33. The lowest BCUT2D eigenvalue weighted by atomic mass is 10.2. The van der Waals surface area contributed by atoms with Gasteiger partial charge in [0, 0.05) is 0 Å². The Morgan fingerprint density at radius 1 is 1.36 bits per heavy atom. The molecule has 0 bridgehead atoms. The second-order valence-electron chi connectivity index (χ2n) is 2.38. The van der Waals surface area contributed by atoms with Crippen molar-refractivity contribution < 1.29 is 26.1 Å². The molecule has 0 unspecified atom stereocenters. The average Bonchev–Trinajstić information content (AvgIpc) is 2.01. The van der Waals surface area contributed by atoms with Gasteiger partial charge in [0.25, 0.3) is 10.1 Å². The van der Waals surface area contributed by atoms with E-state index in [0.717, 1.165) is 12.1 Å². The molecule has 3 nitrogen and oxygen atoms in total. The van der Waals surface area contributed by atoms with Crippen LogP contribution < -0.4 is 0 Å². The Hall–Kier alpha value is -1.08. The third-order valence-corrected chi connectivity index (χ3v) is 2.28. The van der Waals surface area contributed by atoms with Crippen molar-refractivity contribution in [3.05, 3.63) is 29.8 Å². The zero-order valence-electron chi connectivity index (χ0n) is 6.54. The quantitative estimate of drug-likeness (QED) is 0.741. The molecule has 0 fully saturated rings. The number of alkyl halides is 3. The van der Waals surface area contributed by atoms with Crippen LogP contribution in [0.3, 0.4) is 0 Å². The number of rotatable bonds is 1. The number of hydrogen-bond acceptors (Lipinski definition) is 2. The van der Waals surface area contributed by atoms with Crippen LogP contribution in [-0.2, 0) is 16.3 Å². The topological polar surface area (TPSA) is 54.4 Å². The molecule has 0 aliphatic heterocycles. The molecule has 77 valence electrons. The minimum Gasteiger partial charge on any atom is -0.282 e. The van der Waals surface area contributed by atoms with Gasteiger partial charge < -0.3 is 0 Å². The molecule has 0 aliphatic rings. The van der Waals surface area contributed by atoms with Crippen molar-refractivity contribution in [2.24, 2.45) is 0 Å². The van der Waals surface area contributed by atoms with E-state index in [9.17, 15) is 21.6 Å². The van der Waals surface area contributed by atoms with Gasteiger partial charge in [-0.05, 0) is 12.1 Å². The monoisotopic (exact) mass is 225 g/mol. The second-order valence-corrected chi connectivity index (χ2v) is 3.77. The van der Waals surface area contributed by atoms with Crippen LogP contribution >= 0.6 is 0 Å². The molecule has 0 heterocycles. The number of halogens is 3. The van der Waals surface area contributed by atoms with E-state index in [1.165, 1.54) is 0 Å². The zero-order chi connectivity index (χ0) is 11.0. The predicted molar refractivity (Wildman–Crippen MR) is 40.1 cm³/mol. The maximum absolute atomic E-state index is 12.2. The minimum absolute atomic E-state index is 0.661. The van der Waals surface area contributed by atoms with Crippen LogP contribution in [0.1, 0.15) is 5.56 Å². The molecule has 0 aromatic heterocycles. The molecule has 0 saturated carbocycles. The molecule has 0 amide bonds. The Kier molecular flexibility index (Phi) is 2.55. The summed E-state index contributed by atoms with van der Waals surface area (Å²) in [6.07, 6.45) is -4.85. The van der Waals surface area contributed by atoms with Gasteiger partial charge in [-0.25, -0.2) is 0 Å². The minimum atomic E-state index is -4.87. The van der Waals surface area contributed by atoms with E-state index in [2.05, 4.69) is 0 Å². The third-order valence-electron chi connectivity index (χ3n) is 1.38. The Labute approximate surface area is 77.9 Å². The molecular weight excluding hydrogens is 221 g/mol. The average molecular weight is 225 g/mol. The maximum atomic E-state index is 12.2. The first-order chi connectivity index (χ1) is 6.23. The summed E-state index contributed by atoms with van der Waals surface area (Å²) in [5.74, 6) is 0. The zero-order valence-corrected chi connectivity index (χ0v) is 7.35. The Balaban J connectivity index is 3.47. The van der Waals surface area contributed by atoms with Crippen LogP contribution in [0.25, 0.3) is 0 Å². The molecule has 1 radical (unpaired) electrons. The van der Waals surface area contributed by atoms with Gasteiger partial charge in [-0.15, -0.1) is 0 Å². The normalized spacial score (nSPS) is 12.9. The molecular formula is C7H4F3O3S. The van der Waals surface area contributed by atoms with Gasteiger partial charge >= 0.3 is 6.18 Å². The predicted octanol–water partition coefficient (Wildman–Crippen LogP) is 1.75. The van der Waals surface area contributed by atoms with Crippen LogP contribution in [0.5, 0.6) is 0 Å². The highest BCUT2D eigenvalue weighted by Gasteiger charge is 2.36. The van der Waals surface area contributed by atoms with Crippen molar-refractivity contribution in [3.63, 3.8) is 0 Å². The van der Waals surface area contributed by atoms with Crippen molar-refractivity contribution in [1.82, 2.24) is 0 Å². The summed E-state index contributed by atoms with van der Waals surface area (Å²) in [5, 5.41) is 0. The van der Waals surface area contributed by atoms with E-state index in [1.807, 2.05) is 0 Å². The summed E-state index contributed by atoms with van der Waals surface area (Å²) in [5.41, 5.74) is -1.50. The molecule has 7 heteroatoms. The highest BCUT2D eigenvalue weighted by atomic mass is 32.2. The number of benzene rings is 1. The molecule has 0 atom stereocenters. The lowest BCUT2D eigenvalue weighted by Gasteiger charge is -2.09. The van der Waals surface area contributed by atoms with Crippen LogP contribution in [0.15, 0.2) is 23.1 Å². The van der Waals surface area contributed by atoms with Gasteiger partial charge in [0.2, 0.25) is 0 Å². The fourth-order valence-corrected chi connectivity index (χ4v) is 1.54. The van der Waals surface area contributed by atoms with Crippen LogP contribution in [0.2, 0.25) is 0 Å². The smallest absolute Gasteiger partial charge is 0.282 e. The van der Waals surface area contributed by atoms with Crippen LogP contribution in [0.4, 0.5) is 13.2 Å². The Morgan fingerprint density at radius 2 is 1.93 bits per heavy atom. The van der Waals surface area contributed by atoms with E-state index in [0.29, 0.717) is 6.07 Å². The van der Waals surface area contributed by atoms with Gasteiger partial charge in [-0.2, -0.15) is 21.6 Å². The van der Waals surface area contributed by atoms with E-state index < -0.39 is 26.8 Å². The first kappa shape index (κ1) is 11.0. The largest absolute Gasteiger partial charge is 0.418 e. The second kappa shape index (κ2) is 3.25. The highest BCUT2D eigenvalue weighted by molar-refractivity contribution is 7.85. The third kappa shape index (κ3) is 2.24. The summed E-state index contributed by atoms with van der Waals surface area (Å²) >= 11 is 0. The van der Waals surface area contributed by atoms with Crippen molar-refractivity contribution >= 4 is 10.1 Å². The molecule has 14 heavy (non-hydrogen) atoms. The molecule has 1 aromatic carbocycles. The van der Waals surface area contributed by atoms with Gasteiger partial charge in [0.05, 0.1) is 5.56 Å². The highest BCUT2D eigenvalue weighted by Crippen LogP contribution is 2.33. The summed E-state index contributed by atoms with van der Waals surface area (Å²) in [4.78, 5) is -1.19. The lowest BCUT2D eigenvalue weighted by molar-refractivity contribution is -0.140. The fraction of sp³-hybridized carbons (Fsp3) is 0.143. The molecule has 1 aromatic rings. The van der Waals surface area contributed by atoms with Gasteiger partial charge in [0.15, 0.2) is 0 Å². The maximum Gasteiger partial charge on any atom is 0.418 e. The fourth-order valence-electron chi connectivity index (χ4n) is 0.858. The standard InChI is InChI=1S/C7H4F3O3S/c8-7(9,10)5-3-1-2-4-6(5)14(11,12)13/h1-2,4H,(H,11,12,13). The summed E-state index contributed by atoms with van der Waals surface area (Å²) in [6.45, 7) is 0. The van der Waals surface area contributed by atoms with E-state index >= 15 is 0 Å². The Bertz CT molecular complexity index is 436. The SMILES string of the molecule is O=S(=O)(O)c1ccc[c]c1C(F)(F)F. The summed E-state index contributed by atoms with van der Waals surface area (Å²) in [7, 11) is -4.87. The molecule has 1 rings (SSSR count). The Morgan fingerprint density at radius 3 is 2.29 bits per heavy atom. The van der Waals surface area contributed by atoms with Gasteiger partial charge in [-0.1, -0.05) is 12.1 Å². The van der Waals surface area contributed by atoms with Crippen LogP contribution in [0, 0.1) is 6.07 Å². The molecule has 1 N–H and O–H groups in total. The molecule has 0 saturated heterocycles. The van der Waals surface area contributed by atoms with Crippen molar-refractivity contribution in [2.45, 2.75) is 11.1 Å². The number of hydrogen-bond donors (Lipinski definition) is 1. The van der Waals surface area contributed by atoms with Crippen molar-refractivity contribution in [3.8, 4) is 0 Å². The van der Waals surface area contributed by atoms with Gasteiger partial charge in [0.1, 0.15) is 4.90 Å². The van der Waals surface area contributed by atoms with Crippen molar-refractivity contribution in [1.29, 1.82) is 0 Å². The first-order valence-corrected chi connectivity index (χ1v) is 4.72. The van der Waals surface area contributed by atoms with E-state index in [4.69, 9.17) is 4.55 Å². The van der Waals surface area contributed by atoms with E-state index in [1.54, 1.807) is 6.07 Å². The molecule has 0 spiro atoms. The summed E-state index contributed by atoms with van der Waals surface area (Å²) < 4.78 is 66.1. The van der Waals surface area contributed by atoms with E-state index in [-0.39, 0.29) is 0 Å². The lowest BCUT2D eigenvalue weighted by Crippen LogP contribution is -2.12.